The van der Waals surface area contributed by atoms with Crippen molar-refractivity contribution in [1.29, 1.82) is 0 Å². The third-order valence-electron chi connectivity index (χ3n) is 3.72. The Labute approximate surface area is 144 Å². The first-order chi connectivity index (χ1) is 11.2. The van der Waals surface area contributed by atoms with Crippen LogP contribution in [0.3, 0.4) is 0 Å². The molecule has 0 amide bonds. The lowest BCUT2D eigenvalue weighted by molar-refractivity contribution is 0.0696. The fourth-order valence-electron chi connectivity index (χ4n) is 2.59. The van der Waals surface area contributed by atoms with Crippen molar-refractivity contribution in [2.45, 2.75) is 70.4 Å². The molecule has 1 aromatic rings. The van der Waals surface area contributed by atoms with Crippen LogP contribution < -0.4 is 10.0 Å². The molecule has 2 atom stereocenters. The fourth-order valence-corrected chi connectivity index (χ4v) is 4.06. The van der Waals surface area contributed by atoms with Crippen LogP contribution in [0.4, 0.5) is 5.69 Å². The highest BCUT2D eigenvalue weighted by atomic mass is 32.2. The van der Waals surface area contributed by atoms with E-state index in [0.717, 1.165) is 19.3 Å². The fraction of sp³-hybridized carbons (Fsp3) is 0.588. The van der Waals surface area contributed by atoms with Crippen LogP contribution in [0.2, 0.25) is 0 Å². The minimum atomic E-state index is -3.80. The molecule has 136 valence electrons. The van der Waals surface area contributed by atoms with Gasteiger partial charge in [0.2, 0.25) is 10.0 Å². The van der Waals surface area contributed by atoms with E-state index in [2.05, 4.69) is 17.0 Å². The number of hydrogen-bond acceptors (Lipinski definition) is 4. The van der Waals surface area contributed by atoms with Crippen LogP contribution in [0.15, 0.2) is 23.1 Å². The second kappa shape index (κ2) is 9.03. The molecule has 0 bridgehead atoms. The highest BCUT2D eigenvalue weighted by Gasteiger charge is 2.23. The molecule has 3 N–H and O–H groups in total. The topological polar surface area (TPSA) is 95.5 Å². The quantitative estimate of drug-likeness (QED) is 0.597. The molecule has 0 spiro atoms. The van der Waals surface area contributed by atoms with Crippen molar-refractivity contribution in [1.82, 2.24) is 4.72 Å². The van der Waals surface area contributed by atoms with Crippen molar-refractivity contribution in [3.05, 3.63) is 23.8 Å². The molecule has 0 saturated carbocycles. The van der Waals surface area contributed by atoms with Gasteiger partial charge < -0.3 is 10.4 Å². The number of aromatic carboxylic acids is 1. The summed E-state index contributed by atoms with van der Waals surface area (Å²) in [5, 5.41) is 12.3. The lowest BCUT2D eigenvalue weighted by Crippen LogP contribution is -2.33. The van der Waals surface area contributed by atoms with Gasteiger partial charge in [-0.3, -0.25) is 0 Å². The largest absolute Gasteiger partial charge is 0.478 e. The van der Waals surface area contributed by atoms with Gasteiger partial charge in [0.15, 0.2) is 0 Å². The Bertz CT molecular complexity index is 659. The summed E-state index contributed by atoms with van der Waals surface area (Å²) in [5.74, 6) is -1.15. The number of carboxylic acid groups (broad SMARTS) is 1. The van der Waals surface area contributed by atoms with Crippen molar-refractivity contribution in [2.75, 3.05) is 5.32 Å². The zero-order chi connectivity index (χ0) is 18.3. The van der Waals surface area contributed by atoms with E-state index in [4.69, 9.17) is 5.11 Å². The van der Waals surface area contributed by atoms with Gasteiger partial charge in [-0.1, -0.05) is 26.7 Å². The number of benzene rings is 1. The summed E-state index contributed by atoms with van der Waals surface area (Å²) in [6.07, 6.45) is 3.43. The zero-order valence-electron chi connectivity index (χ0n) is 14.8. The zero-order valence-corrected chi connectivity index (χ0v) is 15.6. The van der Waals surface area contributed by atoms with E-state index in [1.807, 2.05) is 13.8 Å². The number of hydrogen-bond donors (Lipinski definition) is 3. The molecule has 0 saturated heterocycles. The van der Waals surface area contributed by atoms with E-state index in [1.165, 1.54) is 18.2 Å². The summed E-state index contributed by atoms with van der Waals surface area (Å²) in [7, 11) is -3.80. The van der Waals surface area contributed by atoms with Gasteiger partial charge in [0.1, 0.15) is 4.90 Å². The van der Waals surface area contributed by atoms with Crippen LogP contribution in [0.5, 0.6) is 0 Å². The summed E-state index contributed by atoms with van der Waals surface area (Å²) >= 11 is 0. The van der Waals surface area contributed by atoms with Gasteiger partial charge in [-0.2, -0.15) is 0 Å². The van der Waals surface area contributed by atoms with Crippen LogP contribution in [-0.4, -0.2) is 31.6 Å². The third kappa shape index (κ3) is 5.79. The van der Waals surface area contributed by atoms with Crippen molar-refractivity contribution in [3.63, 3.8) is 0 Å². The normalized spacial score (nSPS) is 14.2. The van der Waals surface area contributed by atoms with E-state index in [-0.39, 0.29) is 22.5 Å². The first-order valence-corrected chi connectivity index (χ1v) is 9.85. The molecule has 1 aromatic carbocycles. The van der Waals surface area contributed by atoms with Gasteiger partial charge in [-0.15, -0.1) is 0 Å². The number of rotatable bonds is 10. The summed E-state index contributed by atoms with van der Waals surface area (Å²) in [6, 6.07) is 4.03. The second-order valence-corrected chi connectivity index (χ2v) is 7.84. The summed E-state index contributed by atoms with van der Waals surface area (Å²) in [4.78, 5) is 11.2. The molecule has 0 aromatic heterocycles. The van der Waals surface area contributed by atoms with Crippen molar-refractivity contribution in [3.8, 4) is 0 Å². The molecule has 24 heavy (non-hydrogen) atoms. The lowest BCUT2D eigenvalue weighted by Gasteiger charge is -2.20. The lowest BCUT2D eigenvalue weighted by atomic mass is 10.1. The van der Waals surface area contributed by atoms with Gasteiger partial charge in [0.25, 0.3) is 0 Å². The molecular weight excluding hydrogens is 328 g/mol. The van der Waals surface area contributed by atoms with Gasteiger partial charge >= 0.3 is 5.97 Å². The number of anilines is 1. The van der Waals surface area contributed by atoms with Crippen LogP contribution in [0.1, 0.15) is 63.7 Å². The van der Waals surface area contributed by atoms with Gasteiger partial charge in [-0.25, -0.2) is 17.9 Å². The molecule has 0 aliphatic rings. The van der Waals surface area contributed by atoms with Crippen LogP contribution >= 0.6 is 0 Å². The molecule has 1 rings (SSSR count). The maximum Gasteiger partial charge on any atom is 0.335 e. The highest BCUT2D eigenvalue weighted by Crippen LogP contribution is 2.25. The van der Waals surface area contributed by atoms with E-state index < -0.39 is 16.0 Å². The first kappa shape index (κ1) is 20.4. The molecule has 0 unspecified atom stereocenters. The average molecular weight is 356 g/mol. The Morgan fingerprint density at radius 3 is 2.25 bits per heavy atom. The van der Waals surface area contributed by atoms with E-state index in [9.17, 15) is 13.2 Å². The maximum atomic E-state index is 12.7. The number of nitrogens with one attached hydrogen (secondary N) is 2. The molecule has 0 aliphatic heterocycles. The van der Waals surface area contributed by atoms with Crippen molar-refractivity contribution in [2.24, 2.45) is 0 Å². The molecule has 6 nitrogen and oxygen atoms in total. The Morgan fingerprint density at radius 2 is 1.71 bits per heavy atom. The smallest absolute Gasteiger partial charge is 0.335 e. The highest BCUT2D eigenvalue weighted by molar-refractivity contribution is 7.89. The second-order valence-electron chi connectivity index (χ2n) is 6.16. The van der Waals surface area contributed by atoms with Gasteiger partial charge in [0, 0.05) is 12.1 Å². The third-order valence-corrected chi connectivity index (χ3v) is 5.35. The Morgan fingerprint density at radius 1 is 1.12 bits per heavy atom. The predicted octanol–water partition coefficient (Wildman–Crippen LogP) is 3.45. The number of carboxylic acids is 1. The number of sulfonamides is 1. The van der Waals surface area contributed by atoms with Crippen molar-refractivity contribution >= 4 is 21.7 Å². The standard InChI is InChI=1S/C17H28N2O4S/c1-5-7-12(3)18-15-10-9-14(17(20)21)11-16(15)24(22,23)19-13(4)8-6-2/h9-13,18-19H,5-8H2,1-4H3,(H,20,21)/t12-,13-/m0/s1. The Kier molecular flexibility index (Phi) is 7.69. The molecule has 7 heteroatoms. The van der Waals surface area contributed by atoms with Gasteiger partial charge in [-0.05, 0) is 44.9 Å². The molecule has 0 heterocycles. The molecule has 0 fully saturated rings. The van der Waals surface area contributed by atoms with E-state index >= 15 is 0 Å². The van der Waals surface area contributed by atoms with Gasteiger partial charge in [0.05, 0.1) is 11.3 Å². The minimum absolute atomic E-state index is 0.0201. The van der Waals surface area contributed by atoms with Crippen LogP contribution in [-0.2, 0) is 10.0 Å². The summed E-state index contributed by atoms with van der Waals surface area (Å²) < 4.78 is 28.0. The predicted molar refractivity (Wildman–Crippen MR) is 96.1 cm³/mol. The Balaban J connectivity index is 3.24. The van der Waals surface area contributed by atoms with Crippen LogP contribution in [0, 0.1) is 0 Å². The summed E-state index contributed by atoms with van der Waals surface area (Å²) in [5.41, 5.74) is 0.379. The van der Waals surface area contributed by atoms with E-state index in [0.29, 0.717) is 12.1 Å². The maximum absolute atomic E-state index is 12.7. The average Bonchev–Trinajstić information content (AvgIpc) is 2.47. The van der Waals surface area contributed by atoms with Crippen LogP contribution in [0.25, 0.3) is 0 Å². The molecule has 0 radical (unpaired) electrons. The number of carbonyl (C=O) groups is 1. The minimum Gasteiger partial charge on any atom is -0.478 e. The first-order valence-electron chi connectivity index (χ1n) is 8.37. The van der Waals surface area contributed by atoms with Crippen molar-refractivity contribution < 1.29 is 18.3 Å². The molecular formula is C17H28N2O4S. The van der Waals surface area contributed by atoms with E-state index in [1.54, 1.807) is 6.92 Å². The SMILES string of the molecule is CCC[C@H](C)Nc1ccc(C(=O)O)cc1S(=O)(=O)N[C@@H](C)CCC. The Hall–Kier alpha value is -1.60. The summed E-state index contributed by atoms with van der Waals surface area (Å²) in [6.45, 7) is 7.81. The molecule has 0 aliphatic carbocycles. The monoisotopic (exact) mass is 356 g/mol.